The van der Waals surface area contributed by atoms with E-state index in [1.54, 1.807) is 0 Å². The maximum atomic E-state index is 3.64. The van der Waals surface area contributed by atoms with Crippen molar-refractivity contribution in [1.82, 2.24) is 5.32 Å². The van der Waals surface area contributed by atoms with Crippen LogP contribution < -0.4 is 5.32 Å². The first-order valence-electron chi connectivity index (χ1n) is 7.06. The first-order chi connectivity index (χ1) is 7.33. The molecule has 90 valence electrons. The molecule has 1 unspecified atom stereocenters. The molecule has 0 saturated heterocycles. The van der Waals surface area contributed by atoms with Crippen molar-refractivity contribution in [3.8, 4) is 0 Å². The van der Waals surface area contributed by atoms with Crippen LogP contribution in [0.2, 0.25) is 0 Å². The second-order valence-electron chi connectivity index (χ2n) is 5.29. The summed E-state index contributed by atoms with van der Waals surface area (Å²) in [5.74, 6) is 1.10. The van der Waals surface area contributed by atoms with E-state index in [0.717, 1.165) is 12.0 Å². The maximum Gasteiger partial charge on any atom is 0.00387 e. The van der Waals surface area contributed by atoms with E-state index in [1.807, 2.05) is 0 Å². The Bertz CT molecular complexity index is 140. The van der Waals surface area contributed by atoms with Crippen molar-refractivity contribution in [2.24, 2.45) is 5.92 Å². The molecule has 0 aromatic carbocycles. The van der Waals surface area contributed by atoms with Crippen LogP contribution in [0.3, 0.4) is 0 Å². The van der Waals surface area contributed by atoms with Crippen LogP contribution in [0, 0.1) is 5.92 Å². The summed E-state index contributed by atoms with van der Waals surface area (Å²) >= 11 is 0. The molecule has 1 atom stereocenters. The summed E-state index contributed by atoms with van der Waals surface area (Å²) < 4.78 is 0. The number of rotatable bonds is 10. The van der Waals surface area contributed by atoms with Crippen LogP contribution in [0.1, 0.15) is 71.6 Å². The van der Waals surface area contributed by atoms with E-state index in [-0.39, 0.29) is 0 Å². The summed E-state index contributed by atoms with van der Waals surface area (Å²) in [4.78, 5) is 0. The molecule has 1 heteroatoms. The third-order valence-corrected chi connectivity index (χ3v) is 3.47. The Balaban J connectivity index is 1.77. The largest absolute Gasteiger partial charge is 0.314 e. The van der Waals surface area contributed by atoms with Crippen molar-refractivity contribution >= 4 is 0 Å². The SMILES string of the molecule is CCCCCCC(C)NCCCC1CC1. The number of hydrogen-bond acceptors (Lipinski definition) is 1. The predicted octanol–water partition coefficient (Wildman–Crippen LogP) is 4.13. The average Bonchev–Trinajstić information content (AvgIpc) is 3.03. The molecule has 0 aliphatic heterocycles. The standard InChI is InChI=1S/C14H29N/c1-3-4-5-6-8-13(2)15-12-7-9-14-10-11-14/h13-15H,3-12H2,1-2H3. The Labute approximate surface area is 96.0 Å². The van der Waals surface area contributed by atoms with Gasteiger partial charge in [0, 0.05) is 6.04 Å². The smallest absolute Gasteiger partial charge is 0.00387 e. The van der Waals surface area contributed by atoms with Gasteiger partial charge in [0.2, 0.25) is 0 Å². The first kappa shape index (κ1) is 13.0. The van der Waals surface area contributed by atoms with Gasteiger partial charge in [-0.15, -0.1) is 0 Å². The number of nitrogens with one attached hydrogen (secondary N) is 1. The molecule has 15 heavy (non-hydrogen) atoms. The van der Waals surface area contributed by atoms with E-state index in [0.29, 0.717) is 0 Å². The van der Waals surface area contributed by atoms with Crippen LogP contribution >= 0.6 is 0 Å². The monoisotopic (exact) mass is 211 g/mol. The summed E-state index contributed by atoms with van der Waals surface area (Å²) in [6.07, 6.45) is 12.8. The molecular formula is C14H29N. The minimum atomic E-state index is 0.737. The summed E-state index contributed by atoms with van der Waals surface area (Å²) in [5, 5.41) is 3.64. The van der Waals surface area contributed by atoms with E-state index < -0.39 is 0 Å². The minimum Gasteiger partial charge on any atom is -0.314 e. The highest BCUT2D eigenvalue weighted by Gasteiger charge is 2.19. The van der Waals surface area contributed by atoms with Crippen LogP contribution in [-0.2, 0) is 0 Å². The zero-order valence-corrected chi connectivity index (χ0v) is 10.7. The second-order valence-corrected chi connectivity index (χ2v) is 5.29. The number of unbranched alkanes of at least 4 members (excludes halogenated alkanes) is 3. The fourth-order valence-corrected chi connectivity index (χ4v) is 2.13. The minimum absolute atomic E-state index is 0.737. The third-order valence-electron chi connectivity index (χ3n) is 3.47. The van der Waals surface area contributed by atoms with E-state index in [4.69, 9.17) is 0 Å². The van der Waals surface area contributed by atoms with Gasteiger partial charge in [-0.2, -0.15) is 0 Å². The quantitative estimate of drug-likeness (QED) is 0.536. The fourth-order valence-electron chi connectivity index (χ4n) is 2.13. The molecule has 1 fully saturated rings. The zero-order chi connectivity index (χ0) is 10.9. The highest BCUT2D eigenvalue weighted by atomic mass is 14.9. The highest BCUT2D eigenvalue weighted by molar-refractivity contribution is 4.73. The van der Waals surface area contributed by atoms with Crippen LogP contribution in [0.15, 0.2) is 0 Å². The lowest BCUT2D eigenvalue weighted by Gasteiger charge is -2.13. The summed E-state index contributed by atoms with van der Waals surface area (Å²) in [5.41, 5.74) is 0. The van der Waals surface area contributed by atoms with Crippen LogP contribution in [0.25, 0.3) is 0 Å². The summed E-state index contributed by atoms with van der Waals surface area (Å²) in [6, 6.07) is 0.737. The molecule has 1 aliphatic carbocycles. The van der Waals surface area contributed by atoms with E-state index in [1.165, 1.54) is 64.3 Å². The van der Waals surface area contributed by atoms with Crippen molar-refractivity contribution in [3.05, 3.63) is 0 Å². The molecule has 0 amide bonds. The highest BCUT2D eigenvalue weighted by Crippen LogP contribution is 2.33. The van der Waals surface area contributed by atoms with Gasteiger partial charge in [0.25, 0.3) is 0 Å². The Hall–Kier alpha value is -0.0400. The normalized spacial score (nSPS) is 18.0. The Morgan fingerprint density at radius 3 is 2.60 bits per heavy atom. The molecule has 1 saturated carbocycles. The van der Waals surface area contributed by atoms with Gasteiger partial charge in [-0.05, 0) is 38.6 Å². The molecule has 0 radical (unpaired) electrons. The van der Waals surface area contributed by atoms with Gasteiger partial charge in [0.15, 0.2) is 0 Å². The van der Waals surface area contributed by atoms with Crippen LogP contribution in [0.5, 0.6) is 0 Å². The van der Waals surface area contributed by atoms with Crippen molar-refractivity contribution in [1.29, 1.82) is 0 Å². The molecule has 0 spiro atoms. The van der Waals surface area contributed by atoms with E-state index >= 15 is 0 Å². The third kappa shape index (κ3) is 7.84. The van der Waals surface area contributed by atoms with Gasteiger partial charge in [0.05, 0.1) is 0 Å². The van der Waals surface area contributed by atoms with Crippen molar-refractivity contribution in [2.75, 3.05) is 6.54 Å². The Morgan fingerprint density at radius 1 is 1.13 bits per heavy atom. The Kier molecular flexibility index (Phi) is 7.08. The average molecular weight is 211 g/mol. The predicted molar refractivity (Wildman–Crippen MR) is 68.2 cm³/mol. The van der Waals surface area contributed by atoms with Gasteiger partial charge in [0.1, 0.15) is 0 Å². The Morgan fingerprint density at radius 2 is 1.93 bits per heavy atom. The molecule has 0 bridgehead atoms. The van der Waals surface area contributed by atoms with E-state index in [9.17, 15) is 0 Å². The topological polar surface area (TPSA) is 12.0 Å². The van der Waals surface area contributed by atoms with Gasteiger partial charge in [-0.1, -0.05) is 45.4 Å². The van der Waals surface area contributed by atoms with Crippen LogP contribution in [0.4, 0.5) is 0 Å². The fraction of sp³-hybridized carbons (Fsp3) is 1.00. The molecule has 1 rings (SSSR count). The molecule has 1 nitrogen and oxygen atoms in total. The molecule has 0 aromatic rings. The van der Waals surface area contributed by atoms with Gasteiger partial charge < -0.3 is 5.32 Å². The molecular weight excluding hydrogens is 182 g/mol. The second kappa shape index (κ2) is 8.15. The molecule has 1 N–H and O–H groups in total. The van der Waals surface area contributed by atoms with Crippen molar-refractivity contribution < 1.29 is 0 Å². The number of hydrogen-bond donors (Lipinski definition) is 1. The molecule has 1 aliphatic rings. The zero-order valence-electron chi connectivity index (χ0n) is 10.7. The van der Waals surface area contributed by atoms with E-state index in [2.05, 4.69) is 19.2 Å². The molecule has 0 aromatic heterocycles. The van der Waals surface area contributed by atoms with Crippen molar-refractivity contribution in [2.45, 2.75) is 77.7 Å². The summed E-state index contributed by atoms with van der Waals surface area (Å²) in [7, 11) is 0. The maximum absolute atomic E-state index is 3.64. The van der Waals surface area contributed by atoms with Gasteiger partial charge in [-0.3, -0.25) is 0 Å². The lowest BCUT2D eigenvalue weighted by Crippen LogP contribution is -2.26. The van der Waals surface area contributed by atoms with Gasteiger partial charge in [-0.25, -0.2) is 0 Å². The lowest BCUT2D eigenvalue weighted by molar-refractivity contribution is 0.469. The van der Waals surface area contributed by atoms with Crippen molar-refractivity contribution in [3.63, 3.8) is 0 Å². The molecule has 0 heterocycles. The van der Waals surface area contributed by atoms with Gasteiger partial charge >= 0.3 is 0 Å². The summed E-state index contributed by atoms with van der Waals surface area (Å²) in [6.45, 7) is 5.86. The lowest BCUT2D eigenvalue weighted by atomic mass is 10.1. The first-order valence-corrected chi connectivity index (χ1v) is 7.06. The van der Waals surface area contributed by atoms with Crippen LogP contribution in [-0.4, -0.2) is 12.6 Å².